The molecule has 3 rings (SSSR count). The van der Waals surface area contributed by atoms with Gasteiger partial charge in [0.05, 0.1) is 10.9 Å². The number of ketones is 2. The highest BCUT2D eigenvalue weighted by Gasteiger charge is 2.25. The molecule has 0 aliphatic carbocycles. The number of carbonyl (C=O) groups excluding carboxylic acids is 2. The van der Waals surface area contributed by atoms with E-state index in [0.29, 0.717) is 33.5 Å². The Hall–Kier alpha value is -2.74. The van der Waals surface area contributed by atoms with Crippen molar-refractivity contribution in [2.75, 3.05) is 0 Å². The summed E-state index contributed by atoms with van der Waals surface area (Å²) in [6.45, 7) is 6.90. The predicted molar refractivity (Wildman–Crippen MR) is 99.5 cm³/mol. The number of Topliss-reactive ketones (excluding diaryl/α,β-unsaturated/α-hetero) is 2. The van der Waals surface area contributed by atoms with Crippen molar-refractivity contribution in [3.8, 4) is 11.4 Å². The van der Waals surface area contributed by atoms with Gasteiger partial charge >= 0.3 is 0 Å². The molecule has 0 fully saturated rings. The van der Waals surface area contributed by atoms with Gasteiger partial charge in [-0.05, 0) is 45.4 Å². The van der Waals surface area contributed by atoms with Gasteiger partial charge in [-0.3, -0.25) is 19.7 Å². The number of hydrogen-bond donors (Lipinski definition) is 2. The molecule has 3 aromatic heterocycles. The zero-order valence-electron chi connectivity index (χ0n) is 15.0. The Morgan fingerprint density at radius 1 is 1.19 bits per heavy atom. The normalized spacial score (nSPS) is 12.2. The summed E-state index contributed by atoms with van der Waals surface area (Å²) in [6, 6.07) is 3.66. The van der Waals surface area contributed by atoms with Crippen LogP contribution in [0.25, 0.3) is 11.4 Å². The highest BCUT2D eigenvalue weighted by Crippen LogP contribution is 2.27. The topological polar surface area (TPSA) is 104 Å². The number of hydrogen-bond acceptors (Lipinski definition) is 6. The van der Waals surface area contributed by atoms with E-state index in [-0.39, 0.29) is 11.6 Å². The molecule has 2 N–H and O–H groups in total. The van der Waals surface area contributed by atoms with Crippen molar-refractivity contribution in [1.29, 1.82) is 0 Å². The molecule has 0 aromatic carbocycles. The summed E-state index contributed by atoms with van der Waals surface area (Å²) in [7, 11) is 0. The van der Waals surface area contributed by atoms with Gasteiger partial charge in [0, 0.05) is 29.2 Å². The van der Waals surface area contributed by atoms with Crippen molar-refractivity contribution in [1.82, 2.24) is 25.1 Å². The van der Waals surface area contributed by atoms with Gasteiger partial charge in [-0.2, -0.15) is 0 Å². The van der Waals surface area contributed by atoms with Crippen LogP contribution in [0, 0.1) is 13.8 Å². The van der Waals surface area contributed by atoms with E-state index in [4.69, 9.17) is 0 Å². The number of aromatic amines is 2. The van der Waals surface area contributed by atoms with Crippen LogP contribution in [0.1, 0.15) is 46.0 Å². The largest absolute Gasteiger partial charge is 0.355 e. The fraction of sp³-hybridized carbons (Fsp3) is 0.278. The van der Waals surface area contributed by atoms with E-state index < -0.39 is 5.25 Å². The maximum atomic E-state index is 12.8. The lowest BCUT2D eigenvalue weighted by molar-refractivity contribution is 0.0988. The van der Waals surface area contributed by atoms with Crippen LogP contribution in [-0.2, 0) is 0 Å². The Labute approximate surface area is 155 Å². The molecular formula is C18H19N5O2S. The summed E-state index contributed by atoms with van der Waals surface area (Å²) in [5.74, 6) is 0.491. The maximum Gasteiger partial charge on any atom is 0.209 e. The molecule has 0 saturated carbocycles. The third-order valence-electron chi connectivity index (χ3n) is 4.11. The number of pyridine rings is 1. The van der Waals surface area contributed by atoms with E-state index in [0.717, 1.165) is 5.56 Å². The summed E-state index contributed by atoms with van der Waals surface area (Å²) in [4.78, 5) is 36.0. The van der Waals surface area contributed by atoms with Gasteiger partial charge in [0.2, 0.25) is 5.16 Å². The standard InChI is InChI=1S/C18H19N5O2S/c1-9-14(11(3)24)10(2)20-15(9)16(25)12(4)26-18-21-17(22-23-18)13-5-7-19-8-6-13/h5-8,12,20H,1-4H3,(H,21,22,23)/t12-/m1/s1. The van der Waals surface area contributed by atoms with Gasteiger partial charge in [-0.15, -0.1) is 5.10 Å². The number of nitrogens with zero attached hydrogens (tertiary/aromatic N) is 3. The first kappa shape index (κ1) is 18.1. The molecule has 0 bridgehead atoms. The summed E-state index contributed by atoms with van der Waals surface area (Å²) >= 11 is 1.27. The molecule has 0 unspecified atom stereocenters. The smallest absolute Gasteiger partial charge is 0.209 e. The van der Waals surface area contributed by atoms with Crippen LogP contribution < -0.4 is 0 Å². The van der Waals surface area contributed by atoms with Gasteiger partial charge in [0.15, 0.2) is 17.4 Å². The van der Waals surface area contributed by atoms with E-state index in [1.54, 1.807) is 33.2 Å². The van der Waals surface area contributed by atoms with Gasteiger partial charge < -0.3 is 4.98 Å². The summed E-state index contributed by atoms with van der Waals surface area (Å²) in [6.07, 6.45) is 3.36. The molecule has 0 radical (unpaired) electrons. The first-order valence-electron chi connectivity index (χ1n) is 8.12. The van der Waals surface area contributed by atoms with Crippen molar-refractivity contribution in [2.24, 2.45) is 0 Å². The Bertz CT molecular complexity index is 961. The molecule has 134 valence electrons. The summed E-state index contributed by atoms with van der Waals surface area (Å²) in [5, 5.41) is 7.14. The minimum Gasteiger partial charge on any atom is -0.355 e. The first-order chi connectivity index (χ1) is 12.4. The molecule has 26 heavy (non-hydrogen) atoms. The second-order valence-corrected chi connectivity index (χ2v) is 7.32. The summed E-state index contributed by atoms with van der Waals surface area (Å²) < 4.78 is 0. The zero-order chi connectivity index (χ0) is 18.8. The summed E-state index contributed by atoms with van der Waals surface area (Å²) in [5.41, 5.74) is 3.34. The van der Waals surface area contributed by atoms with E-state index in [1.807, 2.05) is 12.1 Å². The fourth-order valence-electron chi connectivity index (χ4n) is 2.88. The lowest BCUT2D eigenvalue weighted by atomic mass is 10.0. The molecule has 0 saturated heterocycles. The zero-order valence-corrected chi connectivity index (χ0v) is 15.8. The molecule has 0 spiro atoms. The monoisotopic (exact) mass is 369 g/mol. The van der Waals surface area contributed by atoms with E-state index in [1.165, 1.54) is 18.7 Å². The van der Waals surface area contributed by atoms with Gasteiger partial charge in [0.1, 0.15) is 0 Å². The maximum absolute atomic E-state index is 12.8. The fourth-order valence-corrected chi connectivity index (χ4v) is 3.66. The molecule has 0 aliphatic heterocycles. The number of H-pyrrole nitrogens is 2. The van der Waals surface area contributed by atoms with E-state index >= 15 is 0 Å². The van der Waals surface area contributed by atoms with Crippen molar-refractivity contribution in [3.63, 3.8) is 0 Å². The molecule has 0 amide bonds. The second kappa shape index (κ2) is 7.25. The average Bonchev–Trinajstić information content (AvgIpc) is 3.19. The Kier molecular flexibility index (Phi) is 5.03. The number of nitrogens with one attached hydrogen (secondary N) is 2. The first-order valence-corrected chi connectivity index (χ1v) is 9.00. The molecular weight excluding hydrogens is 350 g/mol. The third kappa shape index (κ3) is 3.45. The van der Waals surface area contributed by atoms with Crippen LogP contribution in [0.5, 0.6) is 0 Å². The molecule has 7 nitrogen and oxygen atoms in total. The number of thioether (sulfide) groups is 1. The van der Waals surface area contributed by atoms with Crippen LogP contribution in [0.3, 0.4) is 0 Å². The predicted octanol–water partition coefficient (Wildman–Crippen LogP) is 3.38. The lowest BCUT2D eigenvalue weighted by Gasteiger charge is -2.07. The van der Waals surface area contributed by atoms with Gasteiger partial charge in [-0.25, -0.2) is 4.98 Å². The van der Waals surface area contributed by atoms with E-state index in [9.17, 15) is 9.59 Å². The van der Waals surface area contributed by atoms with Crippen LogP contribution in [-0.4, -0.2) is 42.0 Å². The Morgan fingerprint density at radius 2 is 1.88 bits per heavy atom. The Balaban J connectivity index is 1.78. The SMILES string of the molecule is CC(=O)c1c(C)[nH]c(C(=O)[C@@H](C)Sc2n[nH]c(-c3ccncc3)n2)c1C. The molecule has 1 atom stereocenters. The van der Waals surface area contributed by atoms with Gasteiger partial charge in [0.25, 0.3) is 0 Å². The van der Waals surface area contributed by atoms with Crippen LogP contribution in [0.4, 0.5) is 0 Å². The molecule has 3 heterocycles. The van der Waals surface area contributed by atoms with Crippen molar-refractivity contribution < 1.29 is 9.59 Å². The average molecular weight is 369 g/mol. The molecule has 8 heteroatoms. The Morgan fingerprint density at radius 3 is 2.50 bits per heavy atom. The lowest BCUT2D eigenvalue weighted by Crippen LogP contribution is -2.15. The molecule has 3 aromatic rings. The number of aryl methyl sites for hydroxylation is 1. The quantitative estimate of drug-likeness (QED) is 0.510. The minimum atomic E-state index is -0.396. The highest BCUT2D eigenvalue weighted by atomic mass is 32.2. The van der Waals surface area contributed by atoms with Gasteiger partial charge in [-0.1, -0.05) is 11.8 Å². The van der Waals surface area contributed by atoms with Crippen LogP contribution >= 0.6 is 11.8 Å². The highest BCUT2D eigenvalue weighted by molar-refractivity contribution is 8.00. The number of rotatable bonds is 6. The number of carbonyl (C=O) groups is 2. The van der Waals surface area contributed by atoms with Crippen LogP contribution in [0.15, 0.2) is 29.7 Å². The second-order valence-electron chi connectivity index (χ2n) is 6.01. The molecule has 0 aliphatic rings. The number of aromatic nitrogens is 5. The van der Waals surface area contributed by atoms with E-state index in [2.05, 4.69) is 25.1 Å². The van der Waals surface area contributed by atoms with Crippen LogP contribution in [0.2, 0.25) is 0 Å². The van der Waals surface area contributed by atoms with Crippen molar-refractivity contribution in [3.05, 3.63) is 47.0 Å². The van der Waals surface area contributed by atoms with Crippen molar-refractivity contribution >= 4 is 23.3 Å². The minimum absolute atomic E-state index is 0.0495. The third-order valence-corrected chi connectivity index (χ3v) is 5.07. The van der Waals surface area contributed by atoms with Crippen molar-refractivity contribution in [2.45, 2.75) is 38.1 Å².